The molecule has 120 valence electrons. The third-order valence-electron chi connectivity index (χ3n) is 2.75. The lowest BCUT2D eigenvalue weighted by Crippen LogP contribution is -2.51. The number of aliphatic hydroxyl groups is 2. The number of aliphatic hydroxyl groups excluding tert-OH is 1. The van der Waals surface area contributed by atoms with Crippen LogP contribution in [0.5, 0.6) is 0 Å². The van der Waals surface area contributed by atoms with E-state index in [2.05, 4.69) is 4.74 Å². The fourth-order valence-electron chi connectivity index (χ4n) is 1.34. The minimum absolute atomic E-state index is 0.961. The Morgan fingerprint density at radius 3 is 1.81 bits per heavy atom. The normalized spacial score (nSPS) is 16.6. The highest BCUT2D eigenvalue weighted by Crippen LogP contribution is 2.24. The lowest BCUT2D eigenvalue weighted by atomic mass is 9.87. The Labute approximate surface area is 118 Å². The predicted molar refractivity (Wildman–Crippen MR) is 63.2 cm³/mol. The van der Waals surface area contributed by atoms with E-state index in [1.807, 2.05) is 0 Å². The maximum Gasteiger partial charge on any atom is 0.348 e. The number of carbonyl (C=O) groups excluding carboxylic acids is 1. The maximum absolute atomic E-state index is 11.8. The third-order valence-corrected chi connectivity index (χ3v) is 2.75. The van der Waals surface area contributed by atoms with Gasteiger partial charge in [0.1, 0.15) is 0 Å². The first kappa shape index (κ1) is 18.8. The smallest absolute Gasteiger partial charge is 0.348 e. The first-order valence-electron chi connectivity index (χ1n) is 5.72. The minimum atomic E-state index is -2.56. The summed E-state index contributed by atoms with van der Waals surface area (Å²) in [5.74, 6) is -8.07. The summed E-state index contributed by atoms with van der Waals surface area (Å²) in [6.45, 7) is 2.57. The molecule has 0 aromatic carbocycles. The van der Waals surface area contributed by atoms with Gasteiger partial charge in [0.15, 0.2) is 11.7 Å². The number of hydrogen-bond donors (Lipinski definition) is 5. The molecule has 0 fully saturated rings. The lowest BCUT2D eigenvalue weighted by molar-refractivity contribution is -0.194. The van der Waals surface area contributed by atoms with Crippen molar-refractivity contribution in [1.29, 1.82) is 0 Å². The lowest BCUT2D eigenvalue weighted by Gasteiger charge is -2.29. The number of aliphatic carboxylic acids is 3. The zero-order valence-corrected chi connectivity index (χ0v) is 11.2. The van der Waals surface area contributed by atoms with Gasteiger partial charge in [-0.1, -0.05) is 13.8 Å². The molecule has 0 bridgehead atoms. The molecule has 0 heterocycles. The second-order valence-corrected chi connectivity index (χ2v) is 4.60. The molecule has 0 aliphatic heterocycles. The van der Waals surface area contributed by atoms with Gasteiger partial charge >= 0.3 is 23.9 Å². The standard InChI is InChI=1S/C11H16O10/c1-4(2)11(20,3-5(12)13)10(19)21-7(9(17)18)6(14)8(15)16/h4,6-7,14,20H,3H2,1-2H3,(H,12,13)(H,15,16)(H,17,18). The molecule has 0 saturated carbocycles. The van der Waals surface area contributed by atoms with Gasteiger partial charge in [-0.15, -0.1) is 0 Å². The average Bonchev–Trinajstić information content (AvgIpc) is 2.32. The van der Waals surface area contributed by atoms with Crippen LogP contribution in [-0.4, -0.2) is 67.2 Å². The molecule has 3 unspecified atom stereocenters. The van der Waals surface area contributed by atoms with Gasteiger partial charge in [0.25, 0.3) is 0 Å². The van der Waals surface area contributed by atoms with E-state index in [-0.39, 0.29) is 0 Å². The minimum Gasteiger partial charge on any atom is -0.481 e. The molecule has 0 amide bonds. The van der Waals surface area contributed by atoms with Crippen molar-refractivity contribution >= 4 is 23.9 Å². The SMILES string of the molecule is CC(C)C(O)(CC(=O)O)C(=O)OC(C(=O)O)C(O)C(=O)O. The number of ether oxygens (including phenoxy) is 1. The maximum atomic E-state index is 11.8. The molecule has 0 aromatic heterocycles. The van der Waals surface area contributed by atoms with E-state index in [4.69, 9.17) is 20.4 Å². The summed E-state index contributed by atoms with van der Waals surface area (Å²) in [5, 5.41) is 45.0. The zero-order chi connectivity index (χ0) is 17.0. The van der Waals surface area contributed by atoms with Gasteiger partial charge in [-0.25, -0.2) is 14.4 Å². The van der Waals surface area contributed by atoms with Crippen LogP contribution in [0.15, 0.2) is 0 Å². The molecule has 0 radical (unpaired) electrons. The fourth-order valence-corrected chi connectivity index (χ4v) is 1.34. The molecule has 0 saturated heterocycles. The second kappa shape index (κ2) is 6.99. The van der Waals surface area contributed by atoms with E-state index in [0.717, 1.165) is 0 Å². The number of carboxylic acid groups (broad SMARTS) is 3. The molecule has 0 aliphatic rings. The Morgan fingerprint density at radius 2 is 1.52 bits per heavy atom. The summed E-state index contributed by atoms with van der Waals surface area (Å²) in [6, 6.07) is 0. The molecule has 0 aliphatic carbocycles. The van der Waals surface area contributed by atoms with Crippen LogP contribution >= 0.6 is 0 Å². The summed E-state index contributed by atoms with van der Waals surface area (Å²) in [4.78, 5) is 43.8. The number of hydrogen-bond acceptors (Lipinski definition) is 7. The topological polar surface area (TPSA) is 179 Å². The van der Waals surface area contributed by atoms with E-state index in [1.165, 1.54) is 13.8 Å². The number of carbonyl (C=O) groups is 4. The molecule has 10 nitrogen and oxygen atoms in total. The average molecular weight is 308 g/mol. The number of esters is 1. The van der Waals surface area contributed by atoms with Gasteiger partial charge in [-0.2, -0.15) is 0 Å². The Bertz CT molecular complexity index is 442. The summed E-state index contributed by atoms with van der Waals surface area (Å²) in [7, 11) is 0. The Balaban J connectivity index is 5.32. The van der Waals surface area contributed by atoms with Gasteiger partial charge in [0.05, 0.1) is 6.42 Å². The molecule has 0 spiro atoms. The highest BCUT2D eigenvalue weighted by atomic mass is 16.6. The van der Waals surface area contributed by atoms with Crippen LogP contribution in [0.1, 0.15) is 20.3 Å². The van der Waals surface area contributed by atoms with Gasteiger partial charge in [0.2, 0.25) is 6.10 Å². The second-order valence-electron chi connectivity index (χ2n) is 4.60. The van der Waals surface area contributed by atoms with Crippen LogP contribution in [0.4, 0.5) is 0 Å². The molecular weight excluding hydrogens is 292 g/mol. The van der Waals surface area contributed by atoms with Crippen molar-refractivity contribution in [2.45, 2.75) is 38.1 Å². The predicted octanol–water partition coefficient (Wildman–Crippen LogP) is -1.71. The van der Waals surface area contributed by atoms with Crippen LogP contribution in [0.25, 0.3) is 0 Å². The zero-order valence-electron chi connectivity index (χ0n) is 11.2. The van der Waals surface area contributed by atoms with Crippen LogP contribution in [0.2, 0.25) is 0 Å². The molecule has 21 heavy (non-hydrogen) atoms. The van der Waals surface area contributed by atoms with Crippen molar-refractivity contribution in [2.24, 2.45) is 5.92 Å². The monoisotopic (exact) mass is 308 g/mol. The number of rotatable bonds is 8. The summed E-state index contributed by atoms with van der Waals surface area (Å²) in [5.41, 5.74) is -2.56. The summed E-state index contributed by atoms with van der Waals surface area (Å²) in [6.07, 6.45) is -6.11. The molecule has 10 heteroatoms. The quantitative estimate of drug-likeness (QED) is 0.324. The Morgan fingerprint density at radius 1 is 1.05 bits per heavy atom. The van der Waals surface area contributed by atoms with Gasteiger partial charge < -0.3 is 30.3 Å². The van der Waals surface area contributed by atoms with Crippen molar-refractivity contribution in [1.82, 2.24) is 0 Å². The van der Waals surface area contributed by atoms with Crippen molar-refractivity contribution in [3.63, 3.8) is 0 Å². The highest BCUT2D eigenvalue weighted by molar-refractivity contribution is 5.89. The van der Waals surface area contributed by atoms with E-state index in [1.54, 1.807) is 0 Å². The number of carboxylic acids is 3. The Kier molecular flexibility index (Phi) is 6.26. The van der Waals surface area contributed by atoms with Gasteiger partial charge in [-0.05, 0) is 5.92 Å². The van der Waals surface area contributed by atoms with Crippen LogP contribution < -0.4 is 0 Å². The van der Waals surface area contributed by atoms with Crippen LogP contribution in [0.3, 0.4) is 0 Å². The summed E-state index contributed by atoms with van der Waals surface area (Å²) < 4.78 is 4.28. The summed E-state index contributed by atoms with van der Waals surface area (Å²) >= 11 is 0. The van der Waals surface area contributed by atoms with Crippen LogP contribution in [0, 0.1) is 5.92 Å². The van der Waals surface area contributed by atoms with E-state index < -0.39 is 54.0 Å². The van der Waals surface area contributed by atoms with E-state index in [9.17, 15) is 24.3 Å². The molecule has 5 N–H and O–H groups in total. The van der Waals surface area contributed by atoms with E-state index in [0.29, 0.717) is 0 Å². The molecule has 0 aromatic rings. The van der Waals surface area contributed by atoms with Gasteiger partial charge in [0, 0.05) is 0 Å². The van der Waals surface area contributed by atoms with Crippen molar-refractivity contribution in [3.8, 4) is 0 Å². The first-order chi connectivity index (χ1) is 9.43. The Hall–Kier alpha value is -2.20. The largest absolute Gasteiger partial charge is 0.481 e. The highest BCUT2D eigenvalue weighted by Gasteiger charge is 2.46. The molecular formula is C11H16O10. The first-order valence-corrected chi connectivity index (χ1v) is 5.72. The van der Waals surface area contributed by atoms with Crippen LogP contribution in [-0.2, 0) is 23.9 Å². The van der Waals surface area contributed by atoms with Crippen molar-refractivity contribution < 1.29 is 49.4 Å². The molecule has 0 rings (SSSR count). The fraction of sp³-hybridized carbons (Fsp3) is 0.636. The van der Waals surface area contributed by atoms with Crippen molar-refractivity contribution in [3.05, 3.63) is 0 Å². The van der Waals surface area contributed by atoms with E-state index >= 15 is 0 Å². The van der Waals surface area contributed by atoms with Gasteiger partial charge in [-0.3, -0.25) is 4.79 Å². The van der Waals surface area contributed by atoms with Crippen molar-refractivity contribution in [2.75, 3.05) is 0 Å². The molecule has 3 atom stereocenters. The third kappa shape index (κ3) is 4.68.